The van der Waals surface area contributed by atoms with Crippen LogP contribution in [0.1, 0.15) is 23.0 Å². The Bertz CT molecular complexity index is 1300. The Morgan fingerprint density at radius 1 is 1.06 bits per heavy atom. The highest BCUT2D eigenvalue weighted by atomic mass is 35.5. The summed E-state index contributed by atoms with van der Waals surface area (Å²) in [6.45, 7) is 2.75. The fourth-order valence-electron chi connectivity index (χ4n) is 3.26. The quantitative estimate of drug-likeness (QED) is 0.469. The summed E-state index contributed by atoms with van der Waals surface area (Å²) in [5.41, 5.74) is 1.43. The molecule has 0 spiro atoms. The molecule has 0 aliphatic carbocycles. The second kappa shape index (κ2) is 9.02. The summed E-state index contributed by atoms with van der Waals surface area (Å²) in [4.78, 5) is 25.8. The van der Waals surface area contributed by atoms with Gasteiger partial charge in [0.25, 0.3) is 5.91 Å². The maximum absolute atomic E-state index is 12.9. The van der Waals surface area contributed by atoms with Crippen LogP contribution in [0.25, 0.3) is 10.9 Å². The summed E-state index contributed by atoms with van der Waals surface area (Å²) < 4.78 is 7.37. The number of nitrogens with zero attached hydrogens (tertiary/aromatic N) is 2. The highest BCUT2D eigenvalue weighted by Gasteiger charge is 2.18. The molecule has 31 heavy (non-hydrogen) atoms. The van der Waals surface area contributed by atoms with E-state index in [9.17, 15) is 9.59 Å². The first-order chi connectivity index (χ1) is 15.0. The number of aryl methyl sites for hydroxylation is 1. The van der Waals surface area contributed by atoms with Crippen LogP contribution >= 0.6 is 11.6 Å². The Labute approximate surface area is 184 Å². The molecule has 1 amide bonds. The highest BCUT2D eigenvalue weighted by molar-refractivity contribution is 6.31. The van der Waals surface area contributed by atoms with Crippen LogP contribution in [-0.2, 0) is 13.2 Å². The lowest BCUT2D eigenvalue weighted by Gasteiger charge is -2.11. The molecule has 7 heteroatoms. The second-order valence-corrected chi connectivity index (χ2v) is 7.35. The molecule has 0 saturated carbocycles. The van der Waals surface area contributed by atoms with E-state index in [1.165, 1.54) is 0 Å². The summed E-state index contributed by atoms with van der Waals surface area (Å²) in [7, 11) is 0. The monoisotopic (exact) mass is 433 g/mol. The van der Waals surface area contributed by atoms with Gasteiger partial charge in [-0.2, -0.15) is 5.10 Å². The minimum absolute atomic E-state index is 0.178. The van der Waals surface area contributed by atoms with Gasteiger partial charge in [0, 0.05) is 17.3 Å². The number of rotatable bonds is 6. The zero-order chi connectivity index (χ0) is 21.8. The van der Waals surface area contributed by atoms with Crippen LogP contribution in [0, 0.1) is 0 Å². The molecule has 1 aromatic heterocycles. The van der Waals surface area contributed by atoms with Crippen molar-refractivity contribution in [3.8, 4) is 5.75 Å². The standard InChI is InChI=1S/C24H20ClN3O3/c1-2-28-21-12-11-17(25)14-20(21)23(29)22(27-28)24(30)26-18-8-6-7-16(13-18)15-31-19-9-4-3-5-10-19/h3-14H,2,15H2,1H3,(H,26,30). The molecule has 3 aromatic carbocycles. The van der Waals surface area contributed by atoms with Crippen LogP contribution < -0.4 is 15.5 Å². The van der Waals surface area contributed by atoms with Gasteiger partial charge in [-0.1, -0.05) is 41.9 Å². The normalized spacial score (nSPS) is 10.8. The Morgan fingerprint density at radius 2 is 1.87 bits per heavy atom. The predicted molar refractivity (Wildman–Crippen MR) is 122 cm³/mol. The number of halogens is 1. The van der Waals surface area contributed by atoms with Crippen LogP contribution in [0.15, 0.2) is 77.6 Å². The number of amides is 1. The summed E-state index contributed by atoms with van der Waals surface area (Å²) in [5, 5.41) is 7.82. The second-order valence-electron chi connectivity index (χ2n) is 6.91. The van der Waals surface area contributed by atoms with Gasteiger partial charge in [-0.3, -0.25) is 14.3 Å². The van der Waals surface area contributed by atoms with Crippen LogP contribution in [0.4, 0.5) is 5.69 Å². The number of para-hydroxylation sites is 1. The van der Waals surface area contributed by atoms with Crippen LogP contribution in [0.3, 0.4) is 0 Å². The number of hydrogen-bond donors (Lipinski definition) is 1. The average Bonchev–Trinajstić information content (AvgIpc) is 2.79. The molecule has 156 valence electrons. The van der Waals surface area contributed by atoms with Crippen molar-refractivity contribution in [1.82, 2.24) is 9.78 Å². The van der Waals surface area contributed by atoms with E-state index < -0.39 is 11.3 Å². The van der Waals surface area contributed by atoms with Gasteiger partial charge in [0.2, 0.25) is 5.43 Å². The van der Waals surface area contributed by atoms with Gasteiger partial charge in [0.15, 0.2) is 5.69 Å². The highest BCUT2D eigenvalue weighted by Crippen LogP contribution is 2.18. The zero-order valence-electron chi connectivity index (χ0n) is 16.8. The van der Waals surface area contributed by atoms with E-state index in [0.29, 0.717) is 34.8 Å². The van der Waals surface area contributed by atoms with Gasteiger partial charge >= 0.3 is 0 Å². The average molecular weight is 434 g/mol. The van der Waals surface area contributed by atoms with Crippen molar-refractivity contribution in [2.45, 2.75) is 20.1 Å². The summed E-state index contributed by atoms with van der Waals surface area (Å²) >= 11 is 6.06. The largest absolute Gasteiger partial charge is 0.489 e. The van der Waals surface area contributed by atoms with Crippen molar-refractivity contribution < 1.29 is 9.53 Å². The lowest BCUT2D eigenvalue weighted by atomic mass is 10.1. The zero-order valence-corrected chi connectivity index (χ0v) is 17.6. The van der Waals surface area contributed by atoms with Crippen LogP contribution in [0.5, 0.6) is 5.75 Å². The first-order valence-corrected chi connectivity index (χ1v) is 10.2. The Morgan fingerprint density at radius 3 is 2.65 bits per heavy atom. The van der Waals surface area contributed by atoms with Crippen molar-refractivity contribution in [3.63, 3.8) is 0 Å². The number of carbonyl (C=O) groups excluding carboxylic acids is 1. The fraction of sp³-hybridized carbons (Fsp3) is 0.125. The van der Waals surface area contributed by atoms with Crippen molar-refractivity contribution >= 4 is 34.1 Å². The lowest BCUT2D eigenvalue weighted by molar-refractivity contribution is 0.101. The molecular formula is C24H20ClN3O3. The molecular weight excluding hydrogens is 414 g/mol. The predicted octanol–water partition coefficient (Wildman–Crippen LogP) is 4.90. The molecule has 0 fully saturated rings. The molecule has 0 saturated heterocycles. The SMILES string of the molecule is CCn1nc(C(=O)Nc2cccc(COc3ccccc3)c2)c(=O)c2cc(Cl)ccc21. The molecule has 0 radical (unpaired) electrons. The molecule has 0 unspecified atom stereocenters. The van der Waals surface area contributed by atoms with E-state index in [2.05, 4.69) is 10.4 Å². The third-order valence-electron chi connectivity index (χ3n) is 4.77. The Hall–Kier alpha value is -3.64. The molecule has 4 aromatic rings. The Balaban J connectivity index is 1.58. The van der Waals surface area contributed by atoms with Crippen LogP contribution in [-0.4, -0.2) is 15.7 Å². The first-order valence-electron chi connectivity index (χ1n) is 9.83. The first kappa shape index (κ1) is 20.6. The van der Waals surface area contributed by atoms with Gasteiger partial charge in [0.1, 0.15) is 12.4 Å². The number of anilines is 1. The van der Waals surface area contributed by atoms with Crippen molar-refractivity contribution in [2.75, 3.05) is 5.32 Å². The number of fused-ring (bicyclic) bond motifs is 1. The number of hydrogen-bond acceptors (Lipinski definition) is 4. The molecule has 6 nitrogen and oxygen atoms in total. The molecule has 0 atom stereocenters. The topological polar surface area (TPSA) is 73.2 Å². The van der Waals surface area contributed by atoms with E-state index in [4.69, 9.17) is 16.3 Å². The number of nitrogens with one attached hydrogen (secondary N) is 1. The molecule has 4 rings (SSSR count). The van der Waals surface area contributed by atoms with Crippen LogP contribution in [0.2, 0.25) is 5.02 Å². The van der Waals surface area contributed by atoms with Crippen molar-refractivity contribution in [2.24, 2.45) is 0 Å². The van der Waals surface area contributed by atoms with Gasteiger partial charge in [0.05, 0.1) is 10.9 Å². The molecule has 0 bridgehead atoms. The van der Waals surface area contributed by atoms with E-state index >= 15 is 0 Å². The minimum Gasteiger partial charge on any atom is -0.489 e. The van der Waals surface area contributed by atoms with Crippen molar-refractivity contribution in [1.29, 1.82) is 0 Å². The third-order valence-corrected chi connectivity index (χ3v) is 5.00. The maximum atomic E-state index is 12.9. The van der Waals surface area contributed by atoms with E-state index in [-0.39, 0.29) is 5.69 Å². The number of carbonyl (C=O) groups is 1. The minimum atomic E-state index is -0.574. The maximum Gasteiger partial charge on any atom is 0.280 e. The van der Waals surface area contributed by atoms with Gasteiger partial charge in [-0.05, 0) is 55.0 Å². The number of ether oxygens (including phenoxy) is 1. The van der Waals surface area contributed by atoms with E-state index in [0.717, 1.165) is 11.3 Å². The Kier molecular flexibility index (Phi) is 6.00. The lowest BCUT2D eigenvalue weighted by Crippen LogP contribution is -2.27. The molecule has 1 heterocycles. The van der Waals surface area contributed by atoms with E-state index in [1.54, 1.807) is 35.0 Å². The molecule has 1 N–H and O–H groups in total. The molecule has 0 aliphatic rings. The van der Waals surface area contributed by atoms with Gasteiger partial charge in [-0.15, -0.1) is 0 Å². The van der Waals surface area contributed by atoms with Gasteiger partial charge in [-0.25, -0.2) is 0 Å². The third kappa shape index (κ3) is 4.59. The number of aromatic nitrogens is 2. The smallest absolute Gasteiger partial charge is 0.280 e. The van der Waals surface area contributed by atoms with E-state index in [1.807, 2.05) is 49.4 Å². The number of benzene rings is 3. The van der Waals surface area contributed by atoms with Crippen molar-refractivity contribution in [3.05, 3.63) is 99.3 Å². The fourth-order valence-corrected chi connectivity index (χ4v) is 3.44. The van der Waals surface area contributed by atoms with Gasteiger partial charge < -0.3 is 10.1 Å². The summed E-state index contributed by atoms with van der Waals surface area (Å²) in [6, 6.07) is 21.7. The molecule has 0 aliphatic heterocycles. The summed E-state index contributed by atoms with van der Waals surface area (Å²) in [6.07, 6.45) is 0. The summed E-state index contributed by atoms with van der Waals surface area (Å²) in [5.74, 6) is 0.186.